The largest absolute Gasteiger partial charge is 0.416 e. The van der Waals surface area contributed by atoms with Crippen LogP contribution in [0.4, 0.5) is 18.9 Å². The van der Waals surface area contributed by atoms with Gasteiger partial charge in [0.1, 0.15) is 0 Å². The van der Waals surface area contributed by atoms with Gasteiger partial charge < -0.3 is 5.32 Å². The third kappa shape index (κ3) is 3.54. The molecule has 0 amide bonds. The van der Waals surface area contributed by atoms with Crippen molar-refractivity contribution in [3.8, 4) is 0 Å². The number of nitrogens with one attached hydrogen (secondary N) is 1. The number of para-hydroxylation sites is 1. The highest BCUT2D eigenvalue weighted by Gasteiger charge is 2.30. The molecule has 0 spiro atoms. The average molecular weight is 344 g/mol. The molecule has 0 aliphatic carbocycles. The molecule has 1 unspecified atom stereocenters. The van der Waals surface area contributed by atoms with Crippen LogP contribution < -0.4 is 5.32 Å². The molecule has 2 aromatic rings. The van der Waals surface area contributed by atoms with Crippen LogP contribution in [-0.4, -0.2) is 0 Å². The standard InChI is InChI=1S/C15H13BrF3N/c1-10(20-14-8-3-2-7-13(14)16)11-5-4-6-12(9-11)15(17,18)19/h2-10,20H,1H3. The molecule has 0 radical (unpaired) electrons. The van der Waals surface area contributed by atoms with Crippen LogP contribution in [0.25, 0.3) is 0 Å². The van der Waals surface area contributed by atoms with Gasteiger partial charge in [0.2, 0.25) is 0 Å². The summed E-state index contributed by atoms with van der Waals surface area (Å²) in [4.78, 5) is 0. The Morgan fingerprint density at radius 1 is 1.05 bits per heavy atom. The molecule has 0 saturated heterocycles. The van der Waals surface area contributed by atoms with Crippen molar-refractivity contribution in [2.24, 2.45) is 0 Å². The van der Waals surface area contributed by atoms with Gasteiger partial charge >= 0.3 is 6.18 Å². The predicted octanol–water partition coefficient (Wildman–Crippen LogP) is 5.64. The fourth-order valence-corrected chi connectivity index (χ4v) is 2.28. The second kappa shape index (κ2) is 5.87. The van der Waals surface area contributed by atoms with Gasteiger partial charge in [-0.15, -0.1) is 0 Å². The normalized spacial score (nSPS) is 13.1. The number of hydrogen-bond donors (Lipinski definition) is 1. The maximum absolute atomic E-state index is 12.7. The Labute approximate surface area is 123 Å². The number of anilines is 1. The number of rotatable bonds is 3. The lowest BCUT2D eigenvalue weighted by Crippen LogP contribution is -2.10. The Bertz CT molecular complexity index is 596. The first kappa shape index (κ1) is 14.9. The van der Waals surface area contributed by atoms with E-state index in [1.165, 1.54) is 12.1 Å². The van der Waals surface area contributed by atoms with Crippen LogP contribution in [0.2, 0.25) is 0 Å². The maximum Gasteiger partial charge on any atom is 0.416 e. The molecule has 0 saturated carbocycles. The fraction of sp³-hybridized carbons (Fsp3) is 0.200. The molecule has 20 heavy (non-hydrogen) atoms. The van der Waals surface area contributed by atoms with Crippen molar-refractivity contribution < 1.29 is 13.2 Å². The first-order valence-corrected chi connectivity index (χ1v) is 6.85. The van der Waals surface area contributed by atoms with Gasteiger partial charge in [0.05, 0.1) is 5.56 Å². The molecule has 0 aromatic heterocycles. The van der Waals surface area contributed by atoms with Crippen LogP contribution in [0, 0.1) is 0 Å². The number of halogens is 4. The molecule has 2 aromatic carbocycles. The van der Waals surface area contributed by atoms with E-state index in [0.29, 0.717) is 5.56 Å². The van der Waals surface area contributed by atoms with Gasteiger partial charge in [-0.2, -0.15) is 13.2 Å². The number of hydrogen-bond acceptors (Lipinski definition) is 1. The Balaban J connectivity index is 2.22. The van der Waals surface area contributed by atoms with Crippen molar-refractivity contribution in [1.82, 2.24) is 0 Å². The lowest BCUT2D eigenvalue weighted by atomic mass is 10.0. The highest BCUT2D eigenvalue weighted by molar-refractivity contribution is 9.10. The summed E-state index contributed by atoms with van der Waals surface area (Å²) in [6.07, 6.45) is -4.32. The first-order chi connectivity index (χ1) is 9.38. The molecule has 0 fully saturated rings. The summed E-state index contributed by atoms with van der Waals surface area (Å²) in [5.41, 5.74) is 0.809. The third-order valence-corrected chi connectivity index (χ3v) is 3.65. The molecule has 106 valence electrons. The Morgan fingerprint density at radius 2 is 1.75 bits per heavy atom. The smallest absolute Gasteiger partial charge is 0.378 e. The van der Waals surface area contributed by atoms with Crippen molar-refractivity contribution in [2.75, 3.05) is 5.32 Å². The van der Waals surface area contributed by atoms with Gasteiger partial charge in [0.25, 0.3) is 0 Å². The first-order valence-electron chi connectivity index (χ1n) is 6.06. The molecule has 2 rings (SSSR count). The predicted molar refractivity (Wildman–Crippen MR) is 77.6 cm³/mol. The number of benzene rings is 2. The van der Waals surface area contributed by atoms with Crippen LogP contribution >= 0.6 is 15.9 Å². The quantitative estimate of drug-likeness (QED) is 0.760. The van der Waals surface area contributed by atoms with E-state index in [0.717, 1.165) is 16.2 Å². The SMILES string of the molecule is CC(Nc1ccccc1Br)c1cccc(C(F)(F)F)c1. The lowest BCUT2D eigenvalue weighted by molar-refractivity contribution is -0.137. The van der Waals surface area contributed by atoms with Crippen LogP contribution in [0.15, 0.2) is 53.0 Å². The topological polar surface area (TPSA) is 12.0 Å². The van der Waals surface area contributed by atoms with Crippen LogP contribution in [0.3, 0.4) is 0 Å². The van der Waals surface area contributed by atoms with Gasteiger partial charge in [-0.1, -0.05) is 24.3 Å². The average Bonchev–Trinajstić information content (AvgIpc) is 2.40. The summed E-state index contributed by atoms with van der Waals surface area (Å²) in [6, 6.07) is 12.6. The second-order valence-electron chi connectivity index (χ2n) is 4.47. The van der Waals surface area contributed by atoms with E-state index >= 15 is 0 Å². The molecule has 0 aliphatic rings. The lowest BCUT2D eigenvalue weighted by Gasteiger charge is -2.18. The number of alkyl halides is 3. The summed E-state index contributed by atoms with van der Waals surface area (Å²) >= 11 is 3.40. The molecule has 1 N–H and O–H groups in total. The van der Waals surface area contributed by atoms with Crippen molar-refractivity contribution in [3.63, 3.8) is 0 Å². The van der Waals surface area contributed by atoms with E-state index in [1.54, 1.807) is 6.07 Å². The minimum atomic E-state index is -4.32. The molecule has 0 bridgehead atoms. The minimum Gasteiger partial charge on any atom is -0.378 e. The summed E-state index contributed by atoms with van der Waals surface area (Å²) in [6.45, 7) is 1.83. The third-order valence-electron chi connectivity index (χ3n) is 2.96. The van der Waals surface area contributed by atoms with E-state index in [1.807, 2.05) is 31.2 Å². The van der Waals surface area contributed by atoms with Crippen molar-refractivity contribution in [2.45, 2.75) is 19.1 Å². The van der Waals surface area contributed by atoms with Crippen molar-refractivity contribution in [1.29, 1.82) is 0 Å². The maximum atomic E-state index is 12.7. The summed E-state index contributed by atoms with van der Waals surface area (Å²) in [7, 11) is 0. The minimum absolute atomic E-state index is 0.226. The highest BCUT2D eigenvalue weighted by atomic mass is 79.9. The molecular formula is C15H13BrF3N. The zero-order chi connectivity index (χ0) is 14.8. The van der Waals surface area contributed by atoms with E-state index in [9.17, 15) is 13.2 Å². The van der Waals surface area contributed by atoms with Crippen LogP contribution in [0.1, 0.15) is 24.1 Å². The van der Waals surface area contributed by atoms with Gasteiger partial charge in [-0.3, -0.25) is 0 Å². The monoisotopic (exact) mass is 343 g/mol. The van der Waals surface area contributed by atoms with Gasteiger partial charge in [-0.05, 0) is 52.7 Å². The Kier molecular flexibility index (Phi) is 4.38. The van der Waals surface area contributed by atoms with Gasteiger partial charge in [0, 0.05) is 16.2 Å². The summed E-state index contributed by atoms with van der Waals surface area (Å²) in [5, 5.41) is 3.19. The Morgan fingerprint density at radius 3 is 2.40 bits per heavy atom. The molecule has 0 heterocycles. The molecule has 1 nitrogen and oxygen atoms in total. The zero-order valence-electron chi connectivity index (χ0n) is 10.7. The Hall–Kier alpha value is -1.49. The van der Waals surface area contributed by atoms with Gasteiger partial charge in [0.15, 0.2) is 0 Å². The molecule has 5 heteroatoms. The van der Waals surface area contributed by atoms with Crippen LogP contribution in [0.5, 0.6) is 0 Å². The van der Waals surface area contributed by atoms with Gasteiger partial charge in [-0.25, -0.2) is 0 Å². The van der Waals surface area contributed by atoms with E-state index in [2.05, 4.69) is 21.2 Å². The zero-order valence-corrected chi connectivity index (χ0v) is 12.3. The molecular weight excluding hydrogens is 331 g/mol. The van der Waals surface area contributed by atoms with E-state index in [4.69, 9.17) is 0 Å². The van der Waals surface area contributed by atoms with E-state index in [-0.39, 0.29) is 6.04 Å². The highest BCUT2D eigenvalue weighted by Crippen LogP contribution is 2.32. The van der Waals surface area contributed by atoms with Crippen LogP contribution in [-0.2, 0) is 6.18 Å². The fourth-order valence-electron chi connectivity index (χ4n) is 1.88. The van der Waals surface area contributed by atoms with E-state index < -0.39 is 11.7 Å². The van der Waals surface area contributed by atoms with Crippen molar-refractivity contribution in [3.05, 3.63) is 64.1 Å². The summed E-state index contributed by atoms with van der Waals surface area (Å²) in [5.74, 6) is 0. The summed E-state index contributed by atoms with van der Waals surface area (Å²) < 4.78 is 39.0. The molecule has 0 aliphatic heterocycles. The van der Waals surface area contributed by atoms with Crippen molar-refractivity contribution >= 4 is 21.6 Å². The molecule has 1 atom stereocenters. The second-order valence-corrected chi connectivity index (χ2v) is 5.32.